The first-order valence-electron chi connectivity index (χ1n) is 4.55. The molecule has 2 N–H and O–H groups in total. The van der Waals surface area contributed by atoms with Gasteiger partial charge in [-0.15, -0.1) is 6.42 Å². The Morgan fingerprint density at radius 3 is 2.79 bits per heavy atom. The van der Waals surface area contributed by atoms with Crippen molar-refractivity contribution in [2.75, 3.05) is 0 Å². The molecule has 0 aromatic carbocycles. The van der Waals surface area contributed by atoms with Crippen LogP contribution in [0.3, 0.4) is 0 Å². The average Bonchev–Trinajstić information content (AvgIpc) is 2.65. The normalized spacial score (nSPS) is 12.1. The van der Waals surface area contributed by atoms with Crippen LogP contribution in [0.15, 0.2) is 18.3 Å². The van der Waals surface area contributed by atoms with Gasteiger partial charge in [0.25, 0.3) is 5.91 Å². The number of nitrogens with one attached hydrogen (secondary N) is 2. The van der Waals surface area contributed by atoms with Crippen molar-refractivity contribution in [3.8, 4) is 12.3 Å². The summed E-state index contributed by atoms with van der Waals surface area (Å²) in [6, 6.07) is 3.27. The summed E-state index contributed by atoms with van der Waals surface area (Å²) in [5, 5.41) is 2.76. The number of terminal acetylenes is 1. The van der Waals surface area contributed by atoms with Crippen molar-refractivity contribution in [3.05, 3.63) is 24.0 Å². The first kappa shape index (κ1) is 10.4. The Hall–Kier alpha value is -1.69. The molecule has 0 aliphatic heterocycles. The highest BCUT2D eigenvalue weighted by molar-refractivity contribution is 5.92. The van der Waals surface area contributed by atoms with Crippen LogP contribution >= 0.6 is 0 Å². The number of rotatable bonds is 3. The minimum absolute atomic E-state index is 0.161. The van der Waals surface area contributed by atoms with E-state index in [0.29, 0.717) is 5.69 Å². The molecule has 1 aromatic rings. The number of hydrogen-bond donors (Lipinski definition) is 2. The Kier molecular flexibility index (Phi) is 3.35. The van der Waals surface area contributed by atoms with Crippen molar-refractivity contribution in [2.24, 2.45) is 5.92 Å². The van der Waals surface area contributed by atoms with Gasteiger partial charge in [0, 0.05) is 6.20 Å². The summed E-state index contributed by atoms with van der Waals surface area (Å²) in [7, 11) is 0. The molecule has 74 valence electrons. The second kappa shape index (κ2) is 4.52. The van der Waals surface area contributed by atoms with Crippen molar-refractivity contribution >= 4 is 5.91 Å². The van der Waals surface area contributed by atoms with E-state index >= 15 is 0 Å². The number of aromatic nitrogens is 1. The summed E-state index contributed by atoms with van der Waals surface area (Å²) in [6.45, 7) is 3.94. The Bertz CT molecular complexity index is 333. The number of carbonyl (C=O) groups excluding carboxylic acids is 1. The standard InChI is InChI=1S/C11H14N2O/c1-4-9(8(2)3)13-11(14)10-6-5-7-12-10/h1,5-9,12H,2-3H3,(H,13,14). The van der Waals surface area contributed by atoms with Crippen LogP contribution in [0.2, 0.25) is 0 Å². The van der Waals surface area contributed by atoms with Gasteiger partial charge in [0.05, 0.1) is 6.04 Å². The van der Waals surface area contributed by atoms with Crippen molar-refractivity contribution in [2.45, 2.75) is 19.9 Å². The quantitative estimate of drug-likeness (QED) is 0.695. The molecule has 1 unspecified atom stereocenters. The topological polar surface area (TPSA) is 44.9 Å². The van der Waals surface area contributed by atoms with Crippen LogP contribution in [0.4, 0.5) is 0 Å². The molecule has 1 aromatic heterocycles. The minimum atomic E-state index is -0.217. The number of aromatic amines is 1. The van der Waals surface area contributed by atoms with Crippen LogP contribution in [-0.4, -0.2) is 16.9 Å². The maximum Gasteiger partial charge on any atom is 0.268 e. The molecule has 0 aliphatic rings. The molecule has 0 saturated heterocycles. The lowest BCUT2D eigenvalue weighted by atomic mass is 10.1. The third-order valence-electron chi connectivity index (χ3n) is 1.98. The molecule has 0 bridgehead atoms. The lowest BCUT2D eigenvalue weighted by Crippen LogP contribution is -2.37. The van der Waals surface area contributed by atoms with Gasteiger partial charge in [-0.25, -0.2) is 0 Å². The number of amides is 1. The van der Waals surface area contributed by atoms with Crippen molar-refractivity contribution in [1.29, 1.82) is 0 Å². The van der Waals surface area contributed by atoms with E-state index in [-0.39, 0.29) is 17.9 Å². The molecule has 3 nitrogen and oxygen atoms in total. The van der Waals surface area contributed by atoms with E-state index in [1.165, 1.54) is 0 Å². The van der Waals surface area contributed by atoms with Gasteiger partial charge in [0.1, 0.15) is 5.69 Å². The summed E-state index contributed by atoms with van der Waals surface area (Å²) >= 11 is 0. The monoisotopic (exact) mass is 190 g/mol. The molecule has 0 saturated carbocycles. The summed E-state index contributed by atoms with van der Waals surface area (Å²) in [6.07, 6.45) is 7.00. The molecule has 14 heavy (non-hydrogen) atoms. The van der Waals surface area contributed by atoms with E-state index in [1.807, 2.05) is 13.8 Å². The second-order valence-corrected chi connectivity index (χ2v) is 3.45. The molecular weight excluding hydrogens is 176 g/mol. The van der Waals surface area contributed by atoms with Crippen molar-refractivity contribution < 1.29 is 4.79 Å². The van der Waals surface area contributed by atoms with E-state index in [4.69, 9.17) is 6.42 Å². The Labute approximate surface area is 83.9 Å². The van der Waals surface area contributed by atoms with Gasteiger partial charge < -0.3 is 10.3 Å². The first-order valence-corrected chi connectivity index (χ1v) is 4.55. The smallest absolute Gasteiger partial charge is 0.268 e. The molecule has 1 amide bonds. The third kappa shape index (κ3) is 2.40. The minimum Gasteiger partial charge on any atom is -0.357 e. The van der Waals surface area contributed by atoms with E-state index < -0.39 is 0 Å². The largest absolute Gasteiger partial charge is 0.357 e. The summed E-state index contributed by atoms with van der Waals surface area (Å²) < 4.78 is 0. The van der Waals surface area contributed by atoms with Crippen LogP contribution in [0.5, 0.6) is 0 Å². The maximum atomic E-state index is 11.5. The Balaban J connectivity index is 2.61. The summed E-state index contributed by atoms with van der Waals surface area (Å²) in [4.78, 5) is 14.4. The predicted molar refractivity (Wildman–Crippen MR) is 55.7 cm³/mol. The molecule has 0 fully saturated rings. The highest BCUT2D eigenvalue weighted by atomic mass is 16.1. The van der Waals surface area contributed by atoms with Crippen molar-refractivity contribution in [3.63, 3.8) is 0 Å². The van der Waals surface area contributed by atoms with Gasteiger partial charge >= 0.3 is 0 Å². The second-order valence-electron chi connectivity index (χ2n) is 3.45. The Morgan fingerprint density at radius 1 is 1.64 bits per heavy atom. The van der Waals surface area contributed by atoms with Crippen LogP contribution in [0.1, 0.15) is 24.3 Å². The highest BCUT2D eigenvalue weighted by Crippen LogP contribution is 2.02. The fourth-order valence-corrected chi connectivity index (χ4v) is 1.09. The zero-order valence-electron chi connectivity index (χ0n) is 8.37. The molecule has 0 spiro atoms. The highest BCUT2D eigenvalue weighted by Gasteiger charge is 2.14. The van der Waals surface area contributed by atoms with Crippen molar-refractivity contribution in [1.82, 2.24) is 10.3 Å². The van der Waals surface area contributed by atoms with E-state index in [2.05, 4.69) is 16.2 Å². The molecule has 1 rings (SSSR count). The fraction of sp³-hybridized carbons (Fsp3) is 0.364. The van der Waals surface area contributed by atoms with E-state index in [1.54, 1.807) is 18.3 Å². The third-order valence-corrected chi connectivity index (χ3v) is 1.98. The van der Waals surface area contributed by atoms with Crippen LogP contribution < -0.4 is 5.32 Å². The van der Waals surface area contributed by atoms with Gasteiger partial charge in [-0.05, 0) is 18.1 Å². The fourth-order valence-electron chi connectivity index (χ4n) is 1.09. The first-order chi connectivity index (χ1) is 6.65. The predicted octanol–water partition coefficient (Wildman–Crippen LogP) is 1.40. The maximum absolute atomic E-state index is 11.5. The van der Waals surface area contributed by atoms with Gasteiger partial charge in [0.2, 0.25) is 0 Å². The Morgan fingerprint density at radius 2 is 2.36 bits per heavy atom. The average molecular weight is 190 g/mol. The lowest BCUT2D eigenvalue weighted by Gasteiger charge is -2.15. The number of hydrogen-bond acceptors (Lipinski definition) is 1. The van der Waals surface area contributed by atoms with Gasteiger partial charge in [-0.1, -0.05) is 19.8 Å². The summed E-state index contributed by atoms with van der Waals surface area (Å²) in [5.74, 6) is 2.62. The van der Waals surface area contributed by atoms with E-state index in [0.717, 1.165) is 0 Å². The molecule has 3 heteroatoms. The van der Waals surface area contributed by atoms with Crippen LogP contribution in [-0.2, 0) is 0 Å². The number of carbonyl (C=O) groups is 1. The zero-order valence-corrected chi connectivity index (χ0v) is 8.37. The lowest BCUT2D eigenvalue weighted by molar-refractivity contribution is 0.0933. The molecule has 0 aliphatic carbocycles. The number of H-pyrrole nitrogens is 1. The molecule has 1 atom stereocenters. The van der Waals surface area contributed by atoms with Crippen LogP contribution in [0, 0.1) is 18.3 Å². The summed E-state index contributed by atoms with van der Waals surface area (Å²) in [5.41, 5.74) is 0.533. The molecule has 0 radical (unpaired) electrons. The molecule has 1 heterocycles. The zero-order chi connectivity index (χ0) is 10.6. The van der Waals surface area contributed by atoms with Gasteiger partial charge in [-0.3, -0.25) is 4.79 Å². The van der Waals surface area contributed by atoms with E-state index in [9.17, 15) is 4.79 Å². The SMILES string of the molecule is C#CC(NC(=O)c1ccc[nH]1)C(C)C. The van der Waals surface area contributed by atoms with Crippen LogP contribution in [0.25, 0.3) is 0 Å². The van der Waals surface area contributed by atoms with Gasteiger partial charge in [0.15, 0.2) is 0 Å². The molecular formula is C11H14N2O. The van der Waals surface area contributed by atoms with Gasteiger partial charge in [-0.2, -0.15) is 0 Å².